The number of hydrogen-bond donors (Lipinski definition) is 5. The summed E-state index contributed by atoms with van der Waals surface area (Å²) >= 11 is 0. The van der Waals surface area contributed by atoms with Gasteiger partial charge in [-0.05, 0) is 13.0 Å². The standard InChI is InChI=1S/C14H26N4O/c1-12-2-3-14(19)13(10-12)11-18-9-8-17-7-6-16-5-4-15/h2-3,10,16-19H,4-9,11,15H2,1H3. The van der Waals surface area contributed by atoms with Crippen molar-refractivity contribution in [2.45, 2.75) is 13.5 Å². The summed E-state index contributed by atoms with van der Waals surface area (Å²) in [7, 11) is 0. The van der Waals surface area contributed by atoms with Gasteiger partial charge in [-0.25, -0.2) is 0 Å². The molecule has 0 aliphatic heterocycles. The van der Waals surface area contributed by atoms with E-state index in [1.807, 2.05) is 19.1 Å². The van der Waals surface area contributed by atoms with Gasteiger partial charge in [-0.2, -0.15) is 0 Å². The Morgan fingerprint density at radius 1 is 1.00 bits per heavy atom. The lowest BCUT2D eigenvalue weighted by molar-refractivity contribution is 0.464. The minimum atomic E-state index is 0.358. The lowest BCUT2D eigenvalue weighted by Gasteiger charge is -2.09. The third-order valence-electron chi connectivity index (χ3n) is 2.83. The lowest BCUT2D eigenvalue weighted by Crippen LogP contribution is -2.34. The molecule has 1 aromatic carbocycles. The third kappa shape index (κ3) is 7.12. The molecule has 1 rings (SSSR count). The first kappa shape index (κ1) is 15.9. The first-order valence-electron chi connectivity index (χ1n) is 6.84. The van der Waals surface area contributed by atoms with E-state index in [1.165, 1.54) is 5.56 Å². The average Bonchev–Trinajstić information content (AvgIpc) is 2.40. The first-order valence-corrected chi connectivity index (χ1v) is 6.84. The Balaban J connectivity index is 2.03. The molecule has 0 spiro atoms. The zero-order valence-electron chi connectivity index (χ0n) is 11.7. The molecule has 0 aliphatic carbocycles. The Morgan fingerprint density at radius 3 is 2.32 bits per heavy atom. The quantitative estimate of drug-likeness (QED) is 0.383. The summed E-state index contributed by atoms with van der Waals surface area (Å²) in [6.07, 6.45) is 0. The summed E-state index contributed by atoms with van der Waals surface area (Å²) < 4.78 is 0. The van der Waals surface area contributed by atoms with Gasteiger partial charge < -0.3 is 26.8 Å². The largest absolute Gasteiger partial charge is 0.508 e. The van der Waals surface area contributed by atoms with Crippen LogP contribution in [0.5, 0.6) is 5.75 Å². The zero-order valence-corrected chi connectivity index (χ0v) is 11.7. The van der Waals surface area contributed by atoms with Crippen molar-refractivity contribution in [3.05, 3.63) is 29.3 Å². The smallest absolute Gasteiger partial charge is 0.120 e. The summed E-state index contributed by atoms with van der Waals surface area (Å²) in [4.78, 5) is 0. The maximum atomic E-state index is 9.68. The molecule has 5 heteroatoms. The number of benzene rings is 1. The highest BCUT2D eigenvalue weighted by molar-refractivity contribution is 5.35. The molecule has 0 heterocycles. The van der Waals surface area contributed by atoms with E-state index in [2.05, 4.69) is 16.0 Å². The van der Waals surface area contributed by atoms with Crippen molar-refractivity contribution in [3.63, 3.8) is 0 Å². The van der Waals surface area contributed by atoms with Crippen LogP contribution in [0.25, 0.3) is 0 Å². The fourth-order valence-corrected chi connectivity index (χ4v) is 1.78. The molecule has 19 heavy (non-hydrogen) atoms. The zero-order chi connectivity index (χ0) is 13.9. The molecular formula is C14H26N4O. The molecule has 0 unspecified atom stereocenters. The van der Waals surface area contributed by atoms with Crippen molar-refractivity contribution in [2.24, 2.45) is 5.73 Å². The van der Waals surface area contributed by atoms with Crippen LogP contribution in [0.4, 0.5) is 0 Å². The van der Waals surface area contributed by atoms with Crippen molar-refractivity contribution in [2.75, 3.05) is 39.3 Å². The van der Waals surface area contributed by atoms with Crippen LogP contribution in [0.3, 0.4) is 0 Å². The van der Waals surface area contributed by atoms with Gasteiger partial charge >= 0.3 is 0 Å². The molecule has 1 aromatic rings. The van der Waals surface area contributed by atoms with E-state index in [9.17, 15) is 5.11 Å². The van der Waals surface area contributed by atoms with Crippen molar-refractivity contribution in [1.29, 1.82) is 0 Å². The van der Waals surface area contributed by atoms with Crippen LogP contribution in [0.1, 0.15) is 11.1 Å². The molecule has 0 saturated heterocycles. The Bertz CT molecular complexity index is 357. The number of aryl methyl sites for hydroxylation is 1. The summed E-state index contributed by atoms with van der Waals surface area (Å²) in [5.74, 6) is 0.358. The molecule has 0 saturated carbocycles. The maximum Gasteiger partial charge on any atom is 0.120 e. The highest BCUT2D eigenvalue weighted by atomic mass is 16.3. The van der Waals surface area contributed by atoms with Gasteiger partial charge in [-0.3, -0.25) is 0 Å². The normalized spacial score (nSPS) is 10.8. The number of aromatic hydroxyl groups is 1. The van der Waals surface area contributed by atoms with Gasteiger partial charge in [0.2, 0.25) is 0 Å². The predicted molar refractivity (Wildman–Crippen MR) is 79.3 cm³/mol. The average molecular weight is 266 g/mol. The Hall–Kier alpha value is -1.14. The molecule has 0 amide bonds. The van der Waals surface area contributed by atoms with Crippen molar-refractivity contribution in [3.8, 4) is 5.75 Å². The van der Waals surface area contributed by atoms with Gasteiger partial charge in [0.1, 0.15) is 5.75 Å². The second-order valence-electron chi connectivity index (χ2n) is 4.60. The van der Waals surface area contributed by atoms with Crippen LogP contribution < -0.4 is 21.7 Å². The second kappa shape index (κ2) is 9.75. The van der Waals surface area contributed by atoms with Crippen LogP contribution in [0, 0.1) is 6.92 Å². The minimum absolute atomic E-state index is 0.358. The number of hydrogen-bond acceptors (Lipinski definition) is 5. The lowest BCUT2D eigenvalue weighted by atomic mass is 10.1. The highest BCUT2D eigenvalue weighted by Crippen LogP contribution is 2.17. The van der Waals surface area contributed by atoms with Gasteiger partial charge in [0.05, 0.1) is 0 Å². The number of phenols is 1. The van der Waals surface area contributed by atoms with Crippen molar-refractivity contribution >= 4 is 0 Å². The number of rotatable bonds is 10. The molecule has 0 fully saturated rings. The van der Waals surface area contributed by atoms with Crippen LogP contribution in [0.15, 0.2) is 18.2 Å². The minimum Gasteiger partial charge on any atom is -0.508 e. The molecular weight excluding hydrogens is 240 g/mol. The van der Waals surface area contributed by atoms with Gasteiger partial charge in [-0.15, -0.1) is 0 Å². The molecule has 5 nitrogen and oxygen atoms in total. The second-order valence-corrected chi connectivity index (χ2v) is 4.60. The van der Waals surface area contributed by atoms with Gasteiger partial charge in [0, 0.05) is 51.4 Å². The van der Waals surface area contributed by atoms with Crippen LogP contribution in [0.2, 0.25) is 0 Å². The van der Waals surface area contributed by atoms with Crippen molar-refractivity contribution < 1.29 is 5.11 Å². The molecule has 108 valence electrons. The van der Waals surface area contributed by atoms with E-state index >= 15 is 0 Å². The van der Waals surface area contributed by atoms with Crippen LogP contribution in [-0.2, 0) is 6.54 Å². The van der Waals surface area contributed by atoms with Crippen molar-refractivity contribution in [1.82, 2.24) is 16.0 Å². The fraction of sp³-hybridized carbons (Fsp3) is 0.571. The van der Waals surface area contributed by atoms with E-state index in [-0.39, 0.29) is 0 Å². The number of phenolic OH excluding ortho intramolecular Hbond substituents is 1. The van der Waals surface area contributed by atoms with E-state index in [0.29, 0.717) is 18.8 Å². The van der Waals surface area contributed by atoms with E-state index in [1.54, 1.807) is 6.07 Å². The number of nitrogens with two attached hydrogens (primary N) is 1. The maximum absolute atomic E-state index is 9.68. The van der Waals surface area contributed by atoms with Gasteiger partial charge in [0.25, 0.3) is 0 Å². The molecule has 0 aromatic heterocycles. The Morgan fingerprint density at radius 2 is 1.63 bits per heavy atom. The molecule has 0 atom stereocenters. The monoisotopic (exact) mass is 266 g/mol. The Labute approximate surface area is 115 Å². The molecule has 0 aliphatic rings. The number of nitrogens with one attached hydrogen (secondary N) is 3. The fourth-order valence-electron chi connectivity index (χ4n) is 1.78. The molecule has 0 bridgehead atoms. The summed E-state index contributed by atoms with van der Waals surface area (Å²) in [6.45, 7) is 7.95. The highest BCUT2D eigenvalue weighted by Gasteiger charge is 2.00. The van der Waals surface area contributed by atoms with Gasteiger partial charge in [-0.1, -0.05) is 17.7 Å². The molecule has 0 radical (unpaired) electrons. The van der Waals surface area contributed by atoms with E-state index < -0.39 is 0 Å². The van der Waals surface area contributed by atoms with Crippen LogP contribution >= 0.6 is 0 Å². The SMILES string of the molecule is Cc1ccc(O)c(CNCCNCCNCCN)c1. The van der Waals surface area contributed by atoms with E-state index in [0.717, 1.165) is 38.3 Å². The first-order chi connectivity index (χ1) is 9.24. The topological polar surface area (TPSA) is 82.3 Å². The Kier molecular flexibility index (Phi) is 8.16. The third-order valence-corrected chi connectivity index (χ3v) is 2.83. The predicted octanol–water partition coefficient (Wildman–Crippen LogP) is -0.0719. The summed E-state index contributed by atoms with van der Waals surface area (Å²) in [6, 6.07) is 5.66. The summed E-state index contributed by atoms with van der Waals surface area (Å²) in [5, 5.41) is 19.5. The molecule has 6 N–H and O–H groups in total. The van der Waals surface area contributed by atoms with Crippen LogP contribution in [-0.4, -0.2) is 44.4 Å². The summed E-state index contributed by atoms with van der Waals surface area (Å²) in [5.41, 5.74) is 7.49. The van der Waals surface area contributed by atoms with E-state index in [4.69, 9.17) is 5.73 Å². The van der Waals surface area contributed by atoms with Gasteiger partial charge in [0.15, 0.2) is 0 Å².